The second-order valence-electron chi connectivity index (χ2n) is 5.59. The zero-order valence-electron chi connectivity index (χ0n) is 13.9. The summed E-state index contributed by atoms with van der Waals surface area (Å²) in [5, 5.41) is 0. The third-order valence-corrected chi connectivity index (χ3v) is 3.34. The van der Waals surface area contributed by atoms with Gasteiger partial charge in [-0.2, -0.15) is 0 Å². The molecule has 1 rings (SSSR count). The normalized spacial score (nSPS) is 12.5. The summed E-state index contributed by atoms with van der Waals surface area (Å²) in [5.41, 5.74) is 7.22. The van der Waals surface area contributed by atoms with Crippen LogP contribution in [-0.2, 0) is 6.42 Å². The van der Waals surface area contributed by atoms with Crippen LogP contribution in [0.15, 0.2) is 18.2 Å². The molecule has 0 bridgehead atoms. The minimum atomic E-state index is 0.200. The molecule has 0 saturated carbocycles. The molecule has 0 heterocycles. The van der Waals surface area contributed by atoms with Gasteiger partial charge in [0.15, 0.2) is 11.5 Å². The van der Waals surface area contributed by atoms with Crippen LogP contribution in [0.1, 0.15) is 32.3 Å². The van der Waals surface area contributed by atoms with Crippen molar-refractivity contribution in [1.82, 2.24) is 4.90 Å². The highest BCUT2D eigenvalue weighted by Crippen LogP contribution is 2.29. The van der Waals surface area contributed by atoms with Crippen LogP contribution in [0.25, 0.3) is 0 Å². The molecule has 120 valence electrons. The van der Waals surface area contributed by atoms with Crippen LogP contribution >= 0.6 is 0 Å². The molecule has 1 atom stereocenters. The molecule has 0 aliphatic rings. The maximum absolute atomic E-state index is 6.02. The van der Waals surface area contributed by atoms with Crippen LogP contribution in [0.3, 0.4) is 0 Å². The Kier molecular flexibility index (Phi) is 8.16. The van der Waals surface area contributed by atoms with E-state index in [2.05, 4.69) is 38.1 Å². The number of hydrogen-bond donors (Lipinski definition) is 1. The van der Waals surface area contributed by atoms with E-state index in [1.165, 1.54) is 5.56 Å². The van der Waals surface area contributed by atoms with Gasteiger partial charge in [0.05, 0.1) is 13.2 Å². The zero-order chi connectivity index (χ0) is 15.7. The fraction of sp³-hybridized carbons (Fsp3) is 0.647. The summed E-state index contributed by atoms with van der Waals surface area (Å²) in [5.74, 6) is 1.65. The lowest BCUT2D eigenvalue weighted by molar-refractivity contribution is 0.258. The maximum atomic E-state index is 6.02. The van der Waals surface area contributed by atoms with E-state index in [9.17, 15) is 0 Å². The lowest BCUT2D eigenvalue weighted by atomic mass is 10.0. The van der Waals surface area contributed by atoms with Crippen molar-refractivity contribution in [3.8, 4) is 11.5 Å². The van der Waals surface area contributed by atoms with E-state index in [1.54, 1.807) is 0 Å². The molecule has 0 saturated heterocycles. The SMILES string of the molecule is CCOc1cc(CC(N)CC)ccc1OCCCN(C)C. The molecular weight excluding hydrogens is 264 g/mol. The highest BCUT2D eigenvalue weighted by molar-refractivity contribution is 5.43. The van der Waals surface area contributed by atoms with Gasteiger partial charge >= 0.3 is 0 Å². The molecule has 0 fully saturated rings. The lowest BCUT2D eigenvalue weighted by Gasteiger charge is -2.15. The van der Waals surface area contributed by atoms with E-state index in [-0.39, 0.29) is 6.04 Å². The summed E-state index contributed by atoms with van der Waals surface area (Å²) in [7, 11) is 4.13. The second-order valence-corrected chi connectivity index (χ2v) is 5.59. The molecular formula is C17H30N2O2. The zero-order valence-corrected chi connectivity index (χ0v) is 13.9. The molecule has 0 aliphatic carbocycles. The van der Waals surface area contributed by atoms with Crippen LogP contribution in [0.4, 0.5) is 0 Å². The van der Waals surface area contributed by atoms with Crippen LogP contribution in [0, 0.1) is 0 Å². The van der Waals surface area contributed by atoms with Gasteiger partial charge in [-0.25, -0.2) is 0 Å². The standard InChI is InChI=1S/C17H30N2O2/c1-5-15(18)12-14-8-9-16(17(13-14)20-6-2)21-11-7-10-19(3)4/h8-9,13,15H,5-7,10-12,18H2,1-4H3. The highest BCUT2D eigenvalue weighted by Gasteiger charge is 2.09. The lowest BCUT2D eigenvalue weighted by Crippen LogP contribution is -2.21. The van der Waals surface area contributed by atoms with Crippen LogP contribution in [0.5, 0.6) is 11.5 Å². The molecule has 2 N–H and O–H groups in total. The third kappa shape index (κ3) is 6.82. The van der Waals surface area contributed by atoms with Crippen molar-refractivity contribution >= 4 is 0 Å². The molecule has 21 heavy (non-hydrogen) atoms. The van der Waals surface area contributed by atoms with Gasteiger partial charge in [0.25, 0.3) is 0 Å². The van der Waals surface area contributed by atoms with Gasteiger partial charge in [0, 0.05) is 12.6 Å². The Bertz CT molecular complexity index is 408. The molecule has 0 aromatic heterocycles. The first-order chi connectivity index (χ1) is 10.1. The Balaban J connectivity index is 2.65. The van der Waals surface area contributed by atoms with Gasteiger partial charge in [0.1, 0.15) is 0 Å². The Morgan fingerprint density at radius 1 is 1.14 bits per heavy atom. The van der Waals surface area contributed by atoms with Crippen molar-refractivity contribution in [3.05, 3.63) is 23.8 Å². The number of nitrogens with two attached hydrogens (primary N) is 1. The Hall–Kier alpha value is -1.26. The third-order valence-electron chi connectivity index (χ3n) is 3.34. The van der Waals surface area contributed by atoms with Gasteiger partial charge in [0.2, 0.25) is 0 Å². The predicted octanol–water partition coefficient (Wildman–Crippen LogP) is 2.70. The van der Waals surface area contributed by atoms with Crippen molar-refractivity contribution in [2.45, 2.75) is 39.2 Å². The molecule has 1 aromatic rings. The van der Waals surface area contributed by atoms with Gasteiger partial charge in [-0.05, 0) is 58.0 Å². The molecule has 1 unspecified atom stereocenters. The Morgan fingerprint density at radius 3 is 2.52 bits per heavy atom. The smallest absolute Gasteiger partial charge is 0.161 e. The molecule has 0 radical (unpaired) electrons. The number of benzene rings is 1. The van der Waals surface area contributed by atoms with Gasteiger partial charge in [-0.15, -0.1) is 0 Å². The van der Waals surface area contributed by atoms with Crippen molar-refractivity contribution in [2.24, 2.45) is 5.73 Å². The number of hydrogen-bond acceptors (Lipinski definition) is 4. The van der Waals surface area contributed by atoms with E-state index < -0.39 is 0 Å². The number of nitrogens with zero attached hydrogens (tertiary/aromatic N) is 1. The Morgan fingerprint density at radius 2 is 1.90 bits per heavy atom. The first-order valence-electron chi connectivity index (χ1n) is 7.85. The summed E-state index contributed by atoms with van der Waals surface area (Å²) in [6.45, 7) is 6.45. The average Bonchev–Trinajstić information content (AvgIpc) is 2.45. The molecule has 1 aromatic carbocycles. The van der Waals surface area contributed by atoms with Crippen molar-refractivity contribution in [1.29, 1.82) is 0 Å². The van der Waals surface area contributed by atoms with E-state index in [0.29, 0.717) is 13.2 Å². The van der Waals surface area contributed by atoms with Crippen molar-refractivity contribution < 1.29 is 9.47 Å². The highest BCUT2D eigenvalue weighted by atomic mass is 16.5. The largest absolute Gasteiger partial charge is 0.490 e. The molecule has 0 amide bonds. The average molecular weight is 294 g/mol. The van der Waals surface area contributed by atoms with E-state index in [0.717, 1.165) is 37.3 Å². The molecule has 4 nitrogen and oxygen atoms in total. The summed E-state index contributed by atoms with van der Waals surface area (Å²) in [4.78, 5) is 2.15. The minimum absolute atomic E-state index is 0.200. The number of ether oxygens (including phenoxy) is 2. The molecule has 0 aliphatic heterocycles. The van der Waals surface area contributed by atoms with Gasteiger partial charge in [-0.3, -0.25) is 0 Å². The van der Waals surface area contributed by atoms with Crippen LogP contribution < -0.4 is 15.2 Å². The van der Waals surface area contributed by atoms with E-state index in [1.807, 2.05) is 13.0 Å². The first-order valence-corrected chi connectivity index (χ1v) is 7.85. The second kappa shape index (κ2) is 9.64. The fourth-order valence-electron chi connectivity index (χ4n) is 2.08. The van der Waals surface area contributed by atoms with E-state index in [4.69, 9.17) is 15.2 Å². The monoisotopic (exact) mass is 294 g/mol. The fourth-order valence-corrected chi connectivity index (χ4v) is 2.08. The maximum Gasteiger partial charge on any atom is 0.161 e. The quantitative estimate of drug-likeness (QED) is 0.674. The van der Waals surface area contributed by atoms with E-state index >= 15 is 0 Å². The topological polar surface area (TPSA) is 47.7 Å². The predicted molar refractivity (Wildman–Crippen MR) is 88.2 cm³/mol. The minimum Gasteiger partial charge on any atom is -0.490 e. The van der Waals surface area contributed by atoms with Crippen LogP contribution in [0.2, 0.25) is 0 Å². The molecule has 0 spiro atoms. The molecule has 4 heteroatoms. The van der Waals surface area contributed by atoms with Crippen LogP contribution in [-0.4, -0.2) is 44.8 Å². The number of rotatable bonds is 10. The van der Waals surface area contributed by atoms with Gasteiger partial charge < -0.3 is 20.1 Å². The summed E-state index contributed by atoms with van der Waals surface area (Å²) in [6, 6.07) is 6.34. The summed E-state index contributed by atoms with van der Waals surface area (Å²) in [6.07, 6.45) is 2.85. The summed E-state index contributed by atoms with van der Waals surface area (Å²) >= 11 is 0. The van der Waals surface area contributed by atoms with Gasteiger partial charge in [-0.1, -0.05) is 13.0 Å². The Labute approximate surface area is 129 Å². The summed E-state index contributed by atoms with van der Waals surface area (Å²) < 4.78 is 11.5. The first kappa shape index (κ1) is 17.8. The van der Waals surface area contributed by atoms with Crippen molar-refractivity contribution in [3.63, 3.8) is 0 Å². The van der Waals surface area contributed by atoms with Crippen molar-refractivity contribution in [2.75, 3.05) is 33.9 Å².